The summed E-state index contributed by atoms with van der Waals surface area (Å²) in [5.41, 5.74) is 3.07. The lowest BCUT2D eigenvalue weighted by molar-refractivity contribution is -0.129. The van der Waals surface area contributed by atoms with Crippen LogP contribution < -0.4 is 9.47 Å². The van der Waals surface area contributed by atoms with Gasteiger partial charge in [0.05, 0.1) is 17.5 Å². The highest BCUT2D eigenvalue weighted by Gasteiger charge is 2.31. The van der Waals surface area contributed by atoms with Crippen LogP contribution in [-0.4, -0.2) is 56.5 Å². The molecular formula is C22H23N5O3S. The zero-order chi connectivity index (χ0) is 21.2. The molecule has 1 amide bonds. The number of benzene rings is 2. The molecule has 31 heavy (non-hydrogen) atoms. The third-order valence-corrected chi connectivity index (χ3v) is 6.54. The van der Waals surface area contributed by atoms with Crippen molar-refractivity contribution in [1.82, 2.24) is 25.1 Å². The number of amides is 1. The van der Waals surface area contributed by atoms with Crippen LogP contribution in [0.25, 0.3) is 5.69 Å². The highest BCUT2D eigenvalue weighted by molar-refractivity contribution is 7.99. The third-order valence-electron chi connectivity index (χ3n) is 5.63. The summed E-state index contributed by atoms with van der Waals surface area (Å²) in [4.78, 5) is 15.1. The van der Waals surface area contributed by atoms with Crippen LogP contribution in [-0.2, 0) is 4.79 Å². The van der Waals surface area contributed by atoms with Crippen LogP contribution in [0.2, 0.25) is 0 Å². The van der Waals surface area contributed by atoms with Gasteiger partial charge in [-0.05, 0) is 59.5 Å². The zero-order valence-electron chi connectivity index (χ0n) is 17.2. The third kappa shape index (κ3) is 3.97. The second-order valence-electron chi connectivity index (χ2n) is 7.60. The van der Waals surface area contributed by atoms with Gasteiger partial charge in [-0.3, -0.25) is 4.79 Å². The van der Waals surface area contributed by atoms with Crippen molar-refractivity contribution >= 4 is 17.7 Å². The first-order valence-corrected chi connectivity index (χ1v) is 11.4. The van der Waals surface area contributed by atoms with E-state index in [1.54, 1.807) is 4.68 Å². The number of ether oxygens (including phenoxy) is 2. The Kier molecular flexibility index (Phi) is 5.50. The van der Waals surface area contributed by atoms with Crippen molar-refractivity contribution in [2.24, 2.45) is 0 Å². The van der Waals surface area contributed by atoms with E-state index >= 15 is 0 Å². The number of likely N-dealkylation sites (tertiary alicyclic amines) is 1. The standard InChI is InChI=1S/C22H23N5O3S/c1-15-5-2-3-6-17(15)27-22(23-24-25-27)31-14-21(28)26-10-4-7-18(26)16-8-9-19-20(13-16)30-12-11-29-19/h2-3,5-6,8-9,13,18H,4,7,10-12,14H2,1H3/t18-/m1/s1. The number of fused-ring (bicyclic) bond motifs is 1. The fraction of sp³-hybridized carbons (Fsp3) is 0.364. The minimum atomic E-state index is 0.0521. The number of carbonyl (C=O) groups excluding carboxylic acids is 1. The van der Waals surface area contributed by atoms with E-state index in [-0.39, 0.29) is 17.7 Å². The molecule has 160 valence electrons. The number of hydrogen-bond donors (Lipinski definition) is 0. The maximum Gasteiger partial charge on any atom is 0.233 e. The lowest BCUT2D eigenvalue weighted by Gasteiger charge is -2.26. The van der Waals surface area contributed by atoms with E-state index in [0.717, 1.165) is 47.7 Å². The molecule has 3 aromatic rings. The van der Waals surface area contributed by atoms with Crippen LogP contribution >= 0.6 is 11.8 Å². The fourth-order valence-electron chi connectivity index (χ4n) is 4.11. The molecule has 2 aliphatic heterocycles. The largest absolute Gasteiger partial charge is 0.486 e. The molecule has 0 N–H and O–H groups in total. The summed E-state index contributed by atoms with van der Waals surface area (Å²) in [5, 5.41) is 12.7. The molecule has 1 saturated heterocycles. The number of para-hydroxylation sites is 1. The van der Waals surface area contributed by atoms with E-state index in [4.69, 9.17) is 9.47 Å². The predicted molar refractivity (Wildman–Crippen MR) is 116 cm³/mol. The smallest absolute Gasteiger partial charge is 0.233 e. The normalized spacial score (nSPS) is 17.7. The number of aromatic nitrogens is 4. The molecule has 9 heteroatoms. The van der Waals surface area contributed by atoms with Crippen molar-refractivity contribution < 1.29 is 14.3 Å². The molecule has 5 rings (SSSR count). The molecule has 2 aliphatic rings. The van der Waals surface area contributed by atoms with Gasteiger partial charge in [0.15, 0.2) is 11.5 Å². The number of tetrazole rings is 1. The van der Waals surface area contributed by atoms with Gasteiger partial charge in [-0.25, -0.2) is 0 Å². The molecule has 0 aliphatic carbocycles. The summed E-state index contributed by atoms with van der Waals surface area (Å²) in [6.45, 7) is 3.88. The van der Waals surface area contributed by atoms with Crippen molar-refractivity contribution in [3.05, 3.63) is 53.6 Å². The maximum absolute atomic E-state index is 13.1. The van der Waals surface area contributed by atoms with Gasteiger partial charge >= 0.3 is 0 Å². The summed E-state index contributed by atoms with van der Waals surface area (Å²) in [6, 6.07) is 13.9. The molecule has 1 fully saturated rings. The number of nitrogens with zero attached hydrogens (tertiary/aromatic N) is 5. The number of carbonyl (C=O) groups is 1. The van der Waals surface area contributed by atoms with E-state index in [9.17, 15) is 4.79 Å². The van der Waals surface area contributed by atoms with Gasteiger partial charge in [-0.15, -0.1) is 5.10 Å². The van der Waals surface area contributed by atoms with E-state index in [2.05, 4.69) is 15.5 Å². The molecule has 0 radical (unpaired) electrons. The highest BCUT2D eigenvalue weighted by atomic mass is 32.2. The van der Waals surface area contributed by atoms with Crippen molar-refractivity contribution in [2.75, 3.05) is 25.5 Å². The van der Waals surface area contributed by atoms with E-state index in [1.165, 1.54) is 11.8 Å². The van der Waals surface area contributed by atoms with Crippen LogP contribution in [0.1, 0.15) is 30.0 Å². The zero-order valence-corrected chi connectivity index (χ0v) is 18.0. The van der Waals surface area contributed by atoms with Crippen LogP contribution in [0, 0.1) is 6.92 Å². The van der Waals surface area contributed by atoms with Crippen LogP contribution in [0.4, 0.5) is 0 Å². The van der Waals surface area contributed by atoms with Crippen molar-refractivity contribution in [3.8, 4) is 17.2 Å². The van der Waals surface area contributed by atoms with Crippen LogP contribution in [0.15, 0.2) is 47.6 Å². The van der Waals surface area contributed by atoms with Crippen molar-refractivity contribution in [1.29, 1.82) is 0 Å². The first-order chi connectivity index (χ1) is 15.2. The Balaban J connectivity index is 1.29. The van der Waals surface area contributed by atoms with E-state index < -0.39 is 0 Å². The van der Waals surface area contributed by atoms with Gasteiger partial charge in [0, 0.05) is 6.54 Å². The van der Waals surface area contributed by atoms with Gasteiger partial charge in [0.1, 0.15) is 13.2 Å². The van der Waals surface area contributed by atoms with Gasteiger partial charge in [0.25, 0.3) is 0 Å². The summed E-state index contributed by atoms with van der Waals surface area (Å²) in [7, 11) is 0. The number of rotatable bonds is 5. The first-order valence-electron chi connectivity index (χ1n) is 10.4. The monoisotopic (exact) mass is 437 g/mol. The fourth-order valence-corrected chi connectivity index (χ4v) is 4.88. The Morgan fingerprint density at radius 1 is 1.16 bits per heavy atom. The average molecular weight is 438 g/mol. The second kappa shape index (κ2) is 8.58. The molecule has 0 bridgehead atoms. The van der Waals surface area contributed by atoms with E-state index in [0.29, 0.717) is 18.4 Å². The molecule has 1 atom stereocenters. The molecule has 0 spiro atoms. The van der Waals surface area contributed by atoms with Gasteiger partial charge in [0.2, 0.25) is 11.1 Å². The molecule has 2 aromatic carbocycles. The number of hydrogen-bond acceptors (Lipinski definition) is 7. The molecule has 0 unspecified atom stereocenters. The lowest BCUT2D eigenvalue weighted by Crippen LogP contribution is -2.32. The average Bonchev–Trinajstić information content (AvgIpc) is 3.47. The highest BCUT2D eigenvalue weighted by Crippen LogP contribution is 2.38. The number of aryl methyl sites for hydroxylation is 1. The second-order valence-corrected chi connectivity index (χ2v) is 8.54. The molecule has 1 aromatic heterocycles. The number of thioether (sulfide) groups is 1. The minimum absolute atomic E-state index is 0.0521. The summed E-state index contributed by atoms with van der Waals surface area (Å²) < 4.78 is 13.0. The summed E-state index contributed by atoms with van der Waals surface area (Å²) in [6.07, 6.45) is 1.92. The Bertz CT molecular complexity index is 1100. The first kappa shape index (κ1) is 19.9. The summed E-state index contributed by atoms with van der Waals surface area (Å²) >= 11 is 1.36. The van der Waals surface area contributed by atoms with Crippen molar-refractivity contribution in [3.63, 3.8) is 0 Å². The SMILES string of the molecule is Cc1ccccc1-n1nnnc1SCC(=O)N1CCC[C@@H]1c1ccc2c(c1)OCCO2. The molecule has 8 nitrogen and oxygen atoms in total. The van der Waals surface area contributed by atoms with Gasteiger partial charge < -0.3 is 14.4 Å². The molecule has 0 saturated carbocycles. The van der Waals surface area contributed by atoms with Crippen LogP contribution in [0.3, 0.4) is 0 Å². The molecular weight excluding hydrogens is 414 g/mol. The topological polar surface area (TPSA) is 82.4 Å². The van der Waals surface area contributed by atoms with Crippen LogP contribution in [0.5, 0.6) is 11.5 Å². The van der Waals surface area contributed by atoms with Crippen molar-refractivity contribution in [2.45, 2.75) is 31.0 Å². The Labute approximate surface area is 184 Å². The van der Waals surface area contributed by atoms with Gasteiger partial charge in [-0.1, -0.05) is 36.0 Å². The Morgan fingerprint density at radius 3 is 2.87 bits per heavy atom. The summed E-state index contributed by atoms with van der Waals surface area (Å²) in [5.74, 6) is 1.90. The van der Waals surface area contributed by atoms with Gasteiger partial charge in [-0.2, -0.15) is 4.68 Å². The predicted octanol–water partition coefficient (Wildman–Crippen LogP) is 3.20. The van der Waals surface area contributed by atoms with E-state index in [1.807, 2.05) is 54.3 Å². The maximum atomic E-state index is 13.1. The minimum Gasteiger partial charge on any atom is -0.486 e. The molecule has 3 heterocycles. The quantitative estimate of drug-likeness (QED) is 0.567. The Morgan fingerprint density at radius 2 is 2.00 bits per heavy atom. The Hall–Kier alpha value is -3.07. The lowest BCUT2D eigenvalue weighted by atomic mass is 10.0.